The molecule has 190 valence electrons. The molecule has 0 saturated heterocycles. The number of nitrogens with zero attached hydrogens (tertiary/aromatic N) is 3. The third-order valence-corrected chi connectivity index (χ3v) is 8.85. The number of aromatic hydroxyl groups is 1. The molecule has 2 aromatic carbocycles. The van der Waals surface area contributed by atoms with Crippen LogP contribution in [-0.4, -0.2) is 62.7 Å². The minimum absolute atomic E-state index is 0.0422. The summed E-state index contributed by atoms with van der Waals surface area (Å²) < 4.78 is 16.2. The fourth-order valence-electron chi connectivity index (χ4n) is 3.95. The summed E-state index contributed by atoms with van der Waals surface area (Å²) in [7, 11) is 2.11. The Bertz CT molecular complexity index is 1110. The number of carbonyl (C=O) groups is 1. The molecular weight excluding hydrogens is 464 g/mol. The first-order valence-electron chi connectivity index (χ1n) is 11.7. The lowest BCUT2D eigenvalue weighted by Crippen LogP contribution is -2.43. The predicted molar refractivity (Wildman–Crippen MR) is 137 cm³/mol. The molecule has 0 bridgehead atoms. The Balaban J connectivity index is 1.71. The Labute approximate surface area is 207 Å². The van der Waals surface area contributed by atoms with Gasteiger partial charge in [-0.3, -0.25) is 4.79 Å². The van der Waals surface area contributed by atoms with E-state index in [9.17, 15) is 9.90 Å². The van der Waals surface area contributed by atoms with Gasteiger partial charge in [0.15, 0.2) is 0 Å². The van der Waals surface area contributed by atoms with E-state index in [1.165, 1.54) is 4.80 Å². The van der Waals surface area contributed by atoms with Gasteiger partial charge in [0.25, 0.3) is 0 Å². The molecule has 0 fully saturated rings. The molecule has 0 aliphatic heterocycles. The van der Waals surface area contributed by atoms with Crippen molar-refractivity contribution in [3.8, 4) is 11.4 Å². The van der Waals surface area contributed by atoms with E-state index in [0.717, 1.165) is 22.2 Å². The number of phenolic OH excluding ortho intramolecular Hbond substituents is 1. The minimum Gasteiger partial charge on any atom is -0.505 e. The van der Waals surface area contributed by atoms with Crippen molar-refractivity contribution in [1.29, 1.82) is 0 Å². The van der Waals surface area contributed by atoms with Crippen LogP contribution in [0.15, 0.2) is 36.4 Å². The summed E-state index contributed by atoms with van der Waals surface area (Å²) in [5.74, 6) is 0.104. The highest BCUT2D eigenvalue weighted by Crippen LogP contribution is 2.36. The fourth-order valence-corrected chi connectivity index (χ4v) is 5.67. The first-order valence-corrected chi connectivity index (χ1v) is 13.7. The lowest BCUT2D eigenvalue weighted by atomic mass is 9.84. The molecular formula is C25H36N4O5Si. The highest BCUT2D eigenvalue weighted by Gasteiger charge is 2.36. The number of phenols is 1. The number of benzene rings is 2. The normalized spacial score (nSPS) is 12.3. The number of nitrogens with one attached hydrogen (secondary N) is 1. The van der Waals surface area contributed by atoms with E-state index in [1.54, 1.807) is 21.3 Å². The maximum Gasteiger partial charge on any atom is 0.500 e. The maximum atomic E-state index is 12.5. The number of aromatic nitrogens is 3. The Morgan fingerprint density at radius 3 is 2.20 bits per heavy atom. The van der Waals surface area contributed by atoms with Crippen LogP contribution in [0, 0.1) is 0 Å². The third-order valence-electron chi connectivity index (χ3n) is 6.02. The highest BCUT2D eigenvalue weighted by atomic mass is 28.4. The molecule has 35 heavy (non-hydrogen) atoms. The molecule has 1 aromatic heterocycles. The van der Waals surface area contributed by atoms with Crippen LogP contribution in [0.1, 0.15) is 44.7 Å². The zero-order valence-electron chi connectivity index (χ0n) is 21.4. The molecule has 0 spiro atoms. The van der Waals surface area contributed by atoms with Gasteiger partial charge in [0.2, 0.25) is 5.91 Å². The van der Waals surface area contributed by atoms with E-state index in [0.29, 0.717) is 37.5 Å². The average molecular weight is 501 g/mol. The molecule has 1 heterocycles. The standard InChI is InChI=1S/C25H36N4O5Si/c1-25(2,3)19-16-18(12-13-23(30)26-14-9-15-35(32-4,33-5)34-6)17-22(24(19)31)29-27-20-10-7-8-11-21(20)28-29/h7-8,10-11,16-17,31H,9,12-15H2,1-6H3,(H,26,30). The second-order valence-electron chi connectivity index (χ2n) is 9.49. The molecule has 3 rings (SSSR count). The van der Waals surface area contributed by atoms with Crippen molar-refractivity contribution >= 4 is 25.7 Å². The van der Waals surface area contributed by atoms with Crippen molar-refractivity contribution in [3.63, 3.8) is 0 Å². The number of hydrogen-bond donors (Lipinski definition) is 2. The zero-order chi connectivity index (χ0) is 25.6. The summed E-state index contributed by atoms with van der Waals surface area (Å²) in [4.78, 5) is 14.0. The van der Waals surface area contributed by atoms with E-state index in [-0.39, 0.29) is 17.1 Å². The minimum atomic E-state index is -2.63. The van der Waals surface area contributed by atoms with Gasteiger partial charge in [-0.2, -0.15) is 0 Å². The Morgan fingerprint density at radius 2 is 1.66 bits per heavy atom. The Kier molecular flexibility index (Phi) is 8.65. The lowest BCUT2D eigenvalue weighted by molar-refractivity contribution is -0.121. The van der Waals surface area contributed by atoms with Crippen LogP contribution in [0.25, 0.3) is 16.7 Å². The lowest BCUT2D eigenvalue weighted by Gasteiger charge is -2.24. The molecule has 0 radical (unpaired) electrons. The molecule has 0 atom stereocenters. The van der Waals surface area contributed by atoms with Gasteiger partial charge < -0.3 is 23.7 Å². The van der Waals surface area contributed by atoms with Crippen molar-refractivity contribution in [1.82, 2.24) is 20.3 Å². The monoisotopic (exact) mass is 500 g/mol. The average Bonchev–Trinajstić information content (AvgIpc) is 3.27. The van der Waals surface area contributed by atoms with E-state index < -0.39 is 8.80 Å². The van der Waals surface area contributed by atoms with Crippen molar-refractivity contribution in [2.45, 2.75) is 51.5 Å². The van der Waals surface area contributed by atoms with Gasteiger partial charge in [0, 0.05) is 45.9 Å². The number of hydrogen-bond acceptors (Lipinski definition) is 7. The second-order valence-corrected chi connectivity index (χ2v) is 12.6. The number of rotatable bonds is 11. The molecule has 1 amide bonds. The Morgan fingerprint density at radius 1 is 1.06 bits per heavy atom. The van der Waals surface area contributed by atoms with Crippen LogP contribution in [0.5, 0.6) is 5.75 Å². The quantitative estimate of drug-likeness (QED) is 0.305. The zero-order valence-corrected chi connectivity index (χ0v) is 22.4. The number of fused-ring (bicyclic) bond motifs is 1. The molecule has 9 nitrogen and oxygen atoms in total. The molecule has 0 unspecified atom stereocenters. The molecule has 3 aromatic rings. The second kappa shape index (κ2) is 11.3. The molecule has 0 aliphatic carbocycles. The van der Waals surface area contributed by atoms with Crippen LogP contribution < -0.4 is 5.32 Å². The van der Waals surface area contributed by atoms with E-state index in [4.69, 9.17) is 13.3 Å². The topological polar surface area (TPSA) is 108 Å². The molecule has 0 saturated carbocycles. The fraction of sp³-hybridized carbons (Fsp3) is 0.480. The third kappa shape index (κ3) is 6.46. The van der Waals surface area contributed by atoms with Gasteiger partial charge in [0.1, 0.15) is 22.5 Å². The van der Waals surface area contributed by atoms with Crippen molar-refractivity contribution < 1.29 is 23.2 Å². The van der Waals surface area contributed by atoms with Gasteiger partial charge in [-0.15, -0.1) is 15.0 Å². The molecule has 2 N–H and O–H groups in total. The van der Waals surface area contributed by atoms with Crippen LogP contribution in [0.4, 0.5) is 0 Å². The van der Waals surface area contributed by atoms with Crippen LogP contribution in [0.2, 0.25) is 6.04 Å². The summed E-state index contributed by atoms with van der Waals surface area (Å²) in [6.45, 7) is 6.64. The van der Waals surface area contributed by atoms with Gasteiger partial charge >= 0.3 is 8.80 Å². The summed E-state index contributed by atoms with van der Waals surface area (Å²) in [6, 6.07) is 12.0. The SMILES string of the molecule is CO[Si](CCCNC(=O)CCc1cc(-n2nc3ccccc3n2)c(O)c(C(C)(C)C)c1)(OC)OC. The predicted octanol–water partition coefficient (Wildman–Crippen LogP) is 3.74. The van der Waals surface area contributed by atoms with E-state index >= 15 is 0 Å². The first kappa shape index (κ1) is 26.8. The van der Waals surface area contributed by atoms with Gasteiger partial charge in [-0.1, -0.05) is 39.0 Å². The number of amides is 1. The first-order chi connectivity index (χ1) is 16.6. The maximum absolute atomic E-state index is 12.5. The largest absolute Gasteiger partial charge is 0.505 e. The van der Waals surface area contributed by atoms with Gasteiger partial charge in [-0.05, 0) is 42.0 Å². The van der Waals surface area contributed by atoms with Crippen molar-refractivity contribution in [3.05, 3.63) is 47.5 Å². The molecule has 0 aliphatic rings. The summed E-state index contributed by atoms with van der Waals surface area (Å²) in [5.41, 5.74) is 3.41. The summed E-state index contributed by atoms with van der Waals surface area (Å²) >= 11 is 0. The van der Waals surface area contributed by atoms with E-state index in [2.05, 4.69) is 15.5 Å². The van der Waals surface area contributed by atoms with Gasteiger partial charge in [-0.25, -0.2) is 0 Å². The summed E-state index contributed by atoms with van der Waals surface area (Å²) in [5, 5.41) is 23.1. The Hall–Kier alpha value is -2.79. The molecule has 10 heteroatoms. The summed E-state index contributed by atoms with van der Waals surface area (Å²) in [6.07, 6.45) is 1.54. The number of carbonyl (C=O) groups excluding carboxylic acids is 1. The number of aryl methyl sites for hydroxylation is 1. The van der Waals surface area contributed by atoms with Crippen LogP contribution in [0.3, 0.4) is 0 Å². The van der Waals surface area contributed by atoms with Crippen LogP contribution >= 0.6 is 0 Å². The van der Waals surface area contributed by atoms with Crippen molar-refractivity contribution in [2.24, 2.45) is 0 Å². The van der Waals surface area contributed by atoms with E-state index in [1.807, 2.05) is 57.2 Å². The van der Waals surface area contributed by atoms with Crippen LogP contribution in [-0.2, 0) is 29.9 Å². The smallest absolute Gasteiger partial charge is 0.500 e. The van der Waals surface area contributed by atoms with Crippen molar-refractivity contribution in [2.75, 3.05) is 27.9 Å². The van der Waals surface area contributed by atoms with Gasteiger partial charge in [0.05, 0.1) is 0 Å². The highest BCUT2D eigenvalue weighted by molar-refractivity contribution is 6.60.